The summed E-state index contributed by atoms with van der Waals surface area (Å²) in [5.41, 5.74) is 10.6. The molecular weight excluding hydrogens is 427 g/mol. The minimum atomic E-state index is -1.39. The Morgan fingerprint density at radius 3 is 2.03 bits per heavy atom. The molecule has 9 nitrogen and oxygen atoms in total. The van der Waals surface area contributed by atoms with Crippen LogP contribution >= 0.6 is 0 Å². The molecule has 0 saturated heterocycles. The van der Waals surface area contributed by atoms with Crippen LogP contribution in [0.1, 0.15) is 31.8 Å². The van der Waals surface area contributed by atoms with Gasteiger partial charge in [0.1, 0.15) is 11.3 Å². The summed E-state index contributed by atoms with van der Waals surface area (Å²) in [7, 11) is 0. The largest absolute Gasteiger partial charge is 1.00 e. The molecule has 6 N–H and O–H groups in total. The molecule has 10 heteroatoms. The number of nitrogens with two attached hydrogens (primary N) is 2. The number of hydrogen-bond donors (Lipinski definition) is 4. The van der Waals surface area contributed by atoms with Gasteiger partial charge in [-0.1, -0.05) is 30.0 Å². The molecule has 0 fully saturated rings. The van der Waals surface area contributed by atoms with Crippen LogP contribution in [-0.4, -0.2) is 33.8 Å². The predicted octanol–water partition coefficient (Wildman–Crippen LogP) is -2.38. The fourth-order valence-electron chi connectivity index (χ4n) is 3.12. The fraction of sp³-hybridized carbons (Fsp3) is 0. The summed E-state index contributed by atoms with van der Waals surface area (Å²) in [6, 6.07) is 7.46. The van der Waals surface area contributed by atoms with Gasteiger partial charge in [-0.2, -0.15) is 0 Å². The summed E-state index contributed by atoms with van der Waals surface area (Å²) in [5.74, 6) is -5.01. The zero-order valence-corrected chi connectivity index (χ0v) is 18.8. The molecule has 0 unspecified atom stereocenters. The first-order valence-corrected chi connectivity index (χ1v) is 8.76. The van der Waals surface area contributed by atoms with Crippen molar-refractivity contribution in [2.24, 2.45) is 11.5 Å². The number of primary amides is 2. The number of allylic oxidation sites excluding steroid dienone is 4. The second-order valence-electron chi connectivity index (χ2n) is 6.56. The van der Waals surface area contributed by atoms with Crippen LogP contribution < -0.4 is 46.1 Å². The van der Waals surface area contributed by atoms with E-state index in [1.165, 1.54) is 36.4 Å². The SMILES string of the molecule is NC(=O)C1=CC(=C(c2ccc([O-])c(C(N)=O)c2)c2ccc(O)c(C(=O)O)c2)C=CC1=O.[Na+]. The van der Waals surface area contributed by atoms with Gasteiger partial charge >= 0.3 is 35.5 Å². The standard InChI is InChI=1S/C22H16N2O7.Na/c23-20(28)13-7-10(1-4-16(13)25)19(11-2-5-17(26)14(8-11)21(24)29)12-3-6-18(27)15(9-12)22(30)31;/h1-9,25,27H,(H2,23,28)(H2,24,29)(H,30,31);/q;+1/p-1. The van der Waals surface area contributed by atoms with Crippen molar-refractivity contribution in [3.8, 4) is 11.5 Å². The topological polar surface area (TPSA) is 184 Å². The maximum Gasteiger partial charge on any atom is 1.00 e. The van der Waals surface area contributed by atoms with E-state index in [2.05, 4.69) is 0 Å². The first-order valence-electron chi connectivity index (χ1n) is 8.76. The van der Waals surface area contributed by atoms with E-state index in [-0.39, 0.29) is 63.0 Å². The predicted molar refractivity (Wildman–Crippen MR) is 107 cm³/mol. The number of carbonyl (C=O) groups is 4. The Hall–Kier alpha value is -3.66. The quantitative estimate of drug-likeness (QED) is 0.294. The van der Waals surface area contributed by atoms with Crippen LogP contribution in [-0.2, 0) is 9.59 Å². The van der Waals surface area contributed by atoms with Gasteiger partial charge in [0.05, 0.1) is 5.57 Å². The number of aromatic carboxylic acids is 1. The summed E-state index contributed by atoms with van der Waals surface area (Å²) < 4.78 is 0. The molecule has 3 rings (SSSR count). The molecule has 156 valence electrons. The van der Waals surface area contributed by atoms with Crippen LogP contribution in [0, 0.1) is 0 Å². The van der Waals surface area contributed by atoms with Crippen LogP contribution in [0.2, 0.25) is 0 Å². The third-order valence-corrected chi connectivity index (χ3v) is 4.58. The Kier molecular flexibility index (Phi) is 7.42. The van der Waals surface area contributed by atoms with Crippen molar-refractivity contribution in [1.29, 1.82) is 0 Å². The van der Waals surface area contributed by atoms with E-state index in [0.29, 0.717) is 0 Å². The molecule has 0 bridgehead atoms. The van der Waals surface area contributed by atoms with Gasteiger partial charge < -0.3 is 26.8 Å². The molecular formula is C22H15N2NaO7. The number of aromatic hydroxyl groups is 1. The van der Waals surface area contributed by atoms with Crippen LogP contribution in [0.15, 0.2) is 65.8 Å². The van der Waals surface area contributed by atoms with Crippen molar-refractivity contribution < 1.29 is 64.1 Å². The van der Waals surface area contributed by atoms with Crippen LogP contribution in [0.3, 0.4) is 0 Å². The van der Waals surface area contributed by atoms with Gasteiger partial charge in [-0.3, -0.25) is 14.4 Å². The number of phenols is 1. The Bertz CT molecular complexity index is 1190. The summed E-state index contributed by atoms with van der Waals surface area (Å²) in [6.07, 6.45) is 3.72. The monoisotopic (exact) mass is 442 g/mol. The van der Waals surface area contributed by atoms with Gasteiger partial charge in [0.2, 0.25) is 5.91 Å². The van der Waals surface area contributed by atoms with Crippen LogP contribution in [0.5, 0.6) is 11.5 Å². The zero-order valence-electron chi connectivity index (χ0n) is 16.8. The number of hydrogen-bond acceptors (Lipinski definition) is 6. The van der Waals surface area contributed by atoms with E-state index in [1.54, 1.807) is 0 Å². The fourth-order valence-corrected chi connectivity index (χ4v) is 3.12. The number of carboxylic acids is 1. The van der Waals surface area contributed by atoms with Gasteiger partial charge in [0.15, 0.2) is 5.78 Å². The maximum atomic E-state index is 12.0. The molecule has 1 aliphatic rings. The molecule has 2 amide bonds. The number of carboxylic acid groups (broad SMARTS) is 1. The first-order chi connectivity index (χ1) is 14.6. The zero-order chi connectivity index (χ0) is 22.9. The van der Waals surface area contributed by atoms with Gasteiger partial charge in [-0.15, -0.1) is 0 Å². The summed E-state index contributed by atoms with van der Waals surface area (Å²) in [6.45, 7) is 0. The van der Waals surface area contributed by atoms with E-state index in [9.17, 15) is 34.5 Å². The summed E-state index contributed by atoms with van der Waals surface area (Å²) in [5, 5.41) is 31.1. The molecule has 2 aromatic rings. The summed E-state index contributed by atoms with van der Waals surface area (Å²) in [4.78, 5) is 46.7. The molecule has 0 spiro atoms. The molecule has 1 aliphatic carbocycles. The van der Waals surface area contributed by atoms with E-state index in [4.69, 9.17) is 11.5 Å². The van der Waals surface area contributed by atoms with Gasteiger partial charge in [-0.25, -0.2) is 4.79 Å². The molecule has 32 heavy (non-hydrogen) atoms. The van der Waals surface area contributed by atoms with Crippen molar-refractivity contribution in [3.63, 3.8) is 0 Å². The van der Waals surface area contributed by atoms with Crippen molar-refractivity contribution in [2.75, 3.05) is 0 Å². The Morgan fingerprint density at radius 1 is 0.875 bits per heavy atom. The molecule has 0 radical (unpaired) electrons. The summed E-state index contributed by atoms with van der Waals surface area (Å²) >= 11 is 0. The van der Waals surface area contributed by atoms with Crippen molar-refractivity contribution in [2.45, 2.75) is 0 Å². The van der Waals surface area contributed by atoms with E-state index in [0.717, 1.165) is 18.2 Å². The molecule has 0 aromatic heterocycles. The second kappa shape index (κ2) is 9.65. The smallest absolute Gasteiger partial charge is 0.872 e. The number of amides is 2. The number of ketones is 1. The molecule has 2 aromatic carbocycles. The minimum absolute atomic E-state index is 0. The third kappa shape index (κ3) is 4.80. The van der Waals surface area contributed by atoms with E-state index < -0.39 is 40.6 Å². The number of carbonyl (C=O) groups excluding carboxylic acids is 3. The molecule has 0 aliphatic heterocycles. The Labute approximate surface area is 203 Å². The average molecular weight is 442 g/mol. The van der Waals surface area contributed by atoms with Gasteiger partial charge in [0.25, 0.3) is 5.91 Å². The van der Waals surface area contributed by atoms with Crippen molar-refractivity contribution in [3.05, 3.63) is 88.0 Å². The first kappa shape index (κ1) is 24.6. The molecule has 0 saturated carbocycles. The van der Waals surface area contributed by atoms with Crippen molar-refractivity contribution >= 4 is 29.1 Å². The third-order valence-electron chi connectivity index (χ3n) is 4.58. The Balaban J connectivity index is 0.00000363. The number of rotatable bonds is 5. The van der Waals surface area contributed by atoms with Crippen molar-refractivity contribution in [1.82, 2.24) is 0 Å². The van der Waals surface area contributed by atoms with E-state index >= 15 is 0 Å². The normalized spacial score (nSPS) is 14.2. The van der Waals surface area contributed by atoms with E-state index in [1.807, 2.05) is 0 Å². The minimum Gasteiger partial charge on any atom is -0.872 e. The second-order valence-corrected chi connectivity index (χ2v) is 6.56. The van der Waals surface area contributed by atoms with Gasteiger partial charge in [0, 0.05) is 5.56 Å². The molecule has 0 heterocycles. The average Bonchev–Trinajstić information content (AvgIpc) is 2.71. The van der Waals surface area contributed by atoms with Gasteiger partial charge in [-0.05, 0) is 52.6 Å². The Morgan fingerprint density at radius 2 is 1.47 bits per heavy atom. The number of benzene rings is 2. The van der Waals surface area contributed by atoms with Crippen LogP contribution in [0.4, 0.5) is 0 Å². The molecule has 0 atom stereocenters. The van der Waals surface area contributed by atoms with Crippen LogP contribution in [0.25, 0.3) is 5.57 Å². The maximum absolute atomic E-state index is 12.0.